The summed E-state index contributed by atoms with van der Waals surface area (Å²) >= 11 is 5.99. The van der Waals surface area contributed by atoms with Crippen LogP contribution in [0.1, 0.15) is 37.0 Å². The fourth-order valence-corrected chi connectivity index (χ4v) is 5.80. The van der Waals surface area contributed by atoms with Crippen LogP contribution in [0.25, 0.3) is 0 Å². The van der Waals surface area contributed by atoms with E-state index in [-0.39, 0.29) is 17.3 Å². The molecule has 0 spiro atoms. The lowest BCUT2D eigenvalue weighted by molar-refractivity contribution is -0.140. The molecule has 9 heteroatoms. The maximum Gasteiger partial charge on any atom is 0.264 e. The van der Waals surface area contributed by atoms with Gasteiger partial charge in [0.25, 0.3) is 10.0 Å². The molecule has 0 aromatic heterocycles. The van der Waals surface area contributed by atoms with Gasteiger partial charge in [-0.3, -0.25) is 13.9 Å². The van der Waals surface area contributed by atoms with Crippen molar-refractivity contribution in [3.8, 4) is 0 Å². The molecular formula is C29H34ClN3O4S. The quantitative estimate of drug-likeness (QED) is 0.357. The van der Waals surface area contributed by atoms with Crippen molar-refractivity contribution >= 4 is 39.1 Å². The standard InChI is InChI=1S/C29H34ClN3O4S/c1-5-27(29(35)31-6-2)32(19-23-11-7-9-21(3)17-23)28(34)20-33(25-12-8-10-22(4)18-25)38(36,37)26-15-13-24(30)14-16-26/h7-18,27H,5-6,19-20H2,1-4H3,(H,31,35)/t27-/m0/s1. The van der Waals surface area contributed by atoms with Crippen LogP contribution < -0.4 is 9.62 Å². The number of sulfonamides is 1. The first kappa shape index (κ1) is 29.2. The Morgan fingerprint density at radius 3 is 2.13 bits per heavy atom. The number of halogens is 1. The van der Waals surface area contributed by atoms with Gasteiger partial charge in [-0.2, -0.15) is 0 Å². The summed E-state index contributed by atoms with van der Waals surface area (Å²) in [6, 6.07) is 19.7. The molecule has 0 saturated carbocycles. The van der Waals surface area contributed by atoms with Gasteiger partial charge in [-0.25, -0.2) is 8.42 Å². The van der Waals surface area contributed by atoms with Gasteiger partial charge in [0.15, 0.2) is 0 Å². The summed E-state index contributed by atoms with van der Waals surface area (Å²) < 4.78 is 28.7. The van der Waals surface area contributed by atoms with Crippen LogP contribution in [0.2, 0.25) is 5.02 Å². The van der Waals surface area contributed by atoms with Crippen molar-refractivity contribution in [3.63, 3.8) is 0 Å². The molecule has 0 radical (unpaired) electrons. The highest BCUT2D eigenvalue weighted by molar-refractivity contribution is 7.92. The largest absolute Gasteiger partial charge is 0.355 e. The first-order valence-corrected chi connectivity index (χ1v) is 14.4. The Kier molecular flexibility index (Phi) is 9.94. The lowest BCUT2D eigenvalue weighted by Gasteiger charge is -2.33. The van der Waals surface area contributed by atoms with Crippen LogP contribution in [0.3, 0.4) is 0 Å². The number of hydrogen-bond acceptors (Lipinski definition) is 4. The Morgan fingerprint density at radius 2 is 1.55 bits per heavy atom. The Hall–Kier alpha value is -3.36. The van der Waals surface area contributed by atoms with Gasteiger partial charge < -0.3 is 10.2 Å². The van der Waals surface area contributed by atoms with Gasteiger partial charge in [0, 0.05) is 18.1 Å². The molecule has 1 N–H and O–H groups in total. The van der Waals surface area contributed by atoms with E-state index in [1.54, 1.807) is 18.2 Å². The van der Waals surface area contributed by atoms with Gasteiger partial charge in [-0.15, -0.1) is 0 Å². The van der Waals surface area contributed by atoms with Gasteiger partial charge in [0.2, 0.25) is 11.8 Å². The van der Waals surface area contributed by atoms with Gasteiger partial charge in [0.1, 0.15) is 12.6 Å². The minimum Gasteiger partial charge on any atom is -0.355 e. The molecule has 2 amide bonds. The van der Waals surface area contributed by atoms with Crippen molar-refractivity contribution in [3.05, 3.63) is 94.5 Å². The predicted molar refractivity (Wildman–Crippen MR) is 152 cm³/mol. The normalized spacial score (nSPS) is 12.0. The number of hydrogen-bond donors (Lipinski definition) is 1. The summed E-state index contributed by atoms with van der Waals surface area (Å²) in [4.78, 5) is 28.4. The van der Waals surface area contributed by atoms with Crippen molar-refractivity contribution in [2.24, 2.45) is 0 Å². The summed E-state index contributed by atoms with van der Waals surface area (Å²) in [7, 11) is -4.13. The molecular weight excluding hydrogens is 522 g/mol. The molecule has 1 atom stereocenters. The highest BCUT2D eigenvalue weighted by Gasteiger charge is 2.33. The second-order valence-electron chi connectivity index (χ2n) is 9.13. The zero-order chi connectivity index (χ0) is 27.9. The van der Waals surface area contributed by atoms with Crippen LogP contribution in [-0.2, 0) is 26.2 Å². The second-order valence-corrected chi connectivity index (χ2v) is 11.4. The zero-order valence-electron chi connectivity index (χ0n) is 22.1. The van der Waals surface area contributed by atoms with E-state index in [0.29, 0.717) is 23.7 Å². The number of aryl methyl sites for hydroxylation is 2. The predicted octanol–water partition coefficient (Wildman–Crippen LogP) is 5.10. The second kappa shape index (κ2) is 12.9. The Morgan fingerprint density at radius 1 is 0.921 bits per heavy atom. The molecule has 0 saturated heterocycles. The van der Waals surface area contributed by atoms with Crippen LogP contribution in [-0.4, -0.2) is 44.3 Å². The molecule has 0 bridgehead atoms. The zero-order valence-corrected chi connectivity index (χ0v) is 23.7. The number of nitrogens with zero attached hydrogens (tertiary/aromatic N) is 2. The third kappa shape index (κ3) is 7.14. The smallest absolute Gasteiger partial charge is 0.264 e. The molecule has 0 unspecified atom stereocenters. The van der Waals surface area contributed by atoms with E-state index in [4.69, 9.17) is 11.6 Å². The average Bonchev–Trinajstić information content (AvgIpc) is 2.87. The maximum absolute atomic E-state index is 14.0. The lowest BCUT2D eigenvalue weighted by Crippen LogP contribution is -2.52. The highest BCUT2D eigenvalue weighted by Crippen LogP contribution is 2.26. The number of amides is 2. The van der Waals surface area contributed by atoms with Crippen molar-refractivity contribution < 1.29 is 18.0 Å². The van der Waals surface area contributed by atoms with E-state index in [9.17, 15) is 18.0 Å². The fourth-order valence-electron chi connectivity index (χ4n) is 4.26. The molecule has 3 rings (SSSR count). The van der Waals surface area contributed by atoms with E-state index in [1.807, 2.05) is 58.0 Å². The number of carbonyl (C=O) groups is 2. The maximum atomic E-state index is 14.0. The Bertz CT molecular complexity index is 1380. The van der Waals surface area contributed by atoms with Crippen molar-refractivity contribution in [2.75, 3.05) is 17.4 Å². The average molecular weight is 556 g/mol. The monoisotopic (exact) mass is 555 g/mol. The van der Waals surface area contributed by atoms with Crippen molar-refractivity contribution in [1.29, 1.82) is 0 Å². The van der Waals surface area contributed by atoms with Crippen LogP contribution in [0.4, 0.5) is 5.69 Å². The topological polar surface area (TPSA) is 86.8 Å². The van der Waals surface area contributed by atoms with Crippen LogP contribution in [0, 0.1) is 13.8 Å². The number of carbonyl (C=O) groups excluding carboxylic acids is 2. The van der Waals surface area contributed by atoms with Gasteiger partial charge in [0.05, 0.1) is 10.6 Å². The summed E-state index contributed by atoms with van der Waals surface area (Å²) in [5, 5.41) is 3.21. The molecule has 0 heterocycles. The first-order valence-electron chi connectivity index (χ1n) is 12.5. The SMILES string of the molecule is CCNC(=O)[C@H](CC)N(Cc1cccc(C)c1)C(=O)CN(c1cccc(C)c1)S(=O)(=O)c1ccc(Cl)cc1. The minimum atomic E-state index is -4.13. The van der Waals surface area contributed by atoms with Crippen LogP contribution in [0.15, 0.2) is 77.7 Å². The summed E-state index contributed by atoms with van der Waals surface area (Å²) in [5.41, 5.74) is 3.07. The highest BCUT2D eigenvalue weighted by atomic mass is 35.5. The van der Waals surface area contributed by atoms with E-state index in [1.165, 1.54) is 29.2 Å². The molecule has 7 nitrogen and oxygen atoms in total. The van der Waals surface area contributed by atoms with E-state index in [0.717, 1.165) is 21.0 Å². The van der Waals surface area contributed by atoms with Crippen molar-refractivity contribution in [2.45, 2.75) is 51.6 Å². The van der Waals surface area contributed by atoms with E-state index >= 15 is 0 Å². The summed E-state index contributed by atoms with van der Waals surface area (Å²) in [5.74, 6) is -0.762. The minimum absolute atomic E-state index is 0.0113. The number of anilines is 1. The molecule has 3 aromatic carbocycles. The van der Waals surface area contributed by atoms with E-state index in [2.05, 4.69) is 5.32 Å². The van der Waals surface area contributed by atoms with Crippen LogP contribution in [0.5, 0.6) is 0 Å². The van der Waals surface area contributed by atoms with E-state index < -0.39 is 28.5 Å². The molecule has 0 aliphatic heterocycles. The molecule has 0 aliphatic rings. The van der Waals surface area contributed by atoms with Gasteiger partial charge >= 0.3 is 0 Å². The molecule has 0 aliphatic carbocycles. The number of rotatable bonds is 11. The molecule has 202 valence electrons. The number of benzene rings is 3. The third-order valence-corrected chi connectivity index (χ3v) is 8.18. The third-order valence-electron chi connectivity index (χ3n) is 6.14. The number of nitrogens with one attached hydrogen (secondary N) is 1. The van der Waals surface area contributed by atoms with Crippen molar-refractivity contribution in [1.82, 2.24) is 10.2 Å². The van der Waals surface area contributed by atoms with Gasteiger partial charge in [-0.1, -0.05) is 60.5 Å². The molecule has 38 heavy (non-hydrogen) atoms. The fraction of sp³-hybridized carbons (Fsp3) is 0.310. The summed E-state index contributed by atoms with van der Waals surface area (Å²) in [6.45, 7) is 7.56. The first-order chi connectivity index (χ1) is 18.1. The molecule has 3 aromatic rings. The summed E-state index contributed by atoms with van der Waals surface area (Å²) in [6.07, 6.45) is 0.373. The Balaban J connectivity index is 2.06. The molecule has 0 fully saturated rings. The lowest BCUT2D eigenvalue weighted by atomic mass is 10.1. The van der Waals surface area contributed by atoms with Crippen LogP contribution >= 0.6 is 11.6 Å². The van der Waals surface area contributed by atoms with Gasteiger partial charge in [-0.05, 0) is 74.7 Å². The Labute approximate surface area is 230 Å². The number of likely N-dealkylation sites (N-methyl/N-ethyl adjacent to an activating group) is 1.